The average Bonchev–Trinajstić information content (AvgIpc) is 2.80. The summed E-state index contributed by atoms with van der Waals surface area (Å²) in [6.45, 7) is 6.87. The van der Waals surface area contributed by atoms with Crippen molar-refractivity contribution in [3.8, 4) is 0 Å². The molecule has 0 spiro atoms. The molecule has 5 nitrogen and oxygen atoms in total. The highest BCUT2D eigenvalue weighted by atomic mass is 16.5. The van der Waals surface area contributed by atoms with E-state index in [4.69, 9.17) is 11.5 Å². The molecule has 5 heteroatoms. The van der Waals surface area contributed by atoms with Crippen LogP contribution in [0.5, 0.6) is 0 Å². The van der Waals surface area contributed by atoms with Gasteiger partial charge in [-0.05, 0) is 25.3 Å². The zero-order valence-electron chi connectivity index (χ0n) is 21.8. The minimum Gasteiger partial charge on any atom is -0.469 e. The van der Waals surface area contributed by atoms with Gasteiger partial charge in [-0.3, -0.25) is 4.79 Å². The van der Waals surface area contributed by atoms with Crippen LogP contribution >= 0.6 is 0 Å². The Morgan fingerprint density at radius 1 is 0.688 bits per heavy atom. The van der Waals surface area contributed by atoms with Crippen LogP contribution in [0.4, 0.5) is 0 Å². The van der Waals surface area contributed by atoms with E-state index in [0.717, 1.165) is 51.5 Å². The van der Waals surface area contributed by atoms with E-state index in [1.165, 1.54) is 103 Å². The third-order valence-electron chi connectivity index (χ3n) is 6.68. The van der Waals surface area contributed by atoms with Gasteiger partial charge in [-0.2, -0.15) is 0 Å². The fraction of sp³-hybridized carbons (Fsp3) is 0.963. The molecule has 0 aromatic rings. The van der Waals surface area contributed by atoms with Gasteiger partial charge in [-0.25, -0.2) is 0 Å². The van der Waals surface area contributed by atoms with Gasteiger partial charge in [0.25, 0.3) is 0 Å². The molecule has 0 amide bonds. The fourth-order valence-electron chi connectivity index (χ4n) is 4.58. The first-order valence-corrected chi connectivity index (χ1v) is 13.9. The van der Waals surface area contributed by atoms with Crippen molar-refractivity contribution in [2.45, 2.75) is 122 Å². The number of nitrogens with zero attached hydrogens (tertiary/aromatic N) is 1. The number of rotatable bonds is 25. The molecule has 0 saturated carbocycles. The first-order valence-electron chi connectivity index (χ1n) is 13.9. The molecule has 0 aliphatic rings. The molecule has 0 heterocycles. The largest absolute Gasteiger partial charge is 0.469 e. The number of hydrogen-bond donors (Lipinski definition) is 2. The Morgan fingerprint density at radius 3 is 1.62 bits per heavy atom. The molecule has 0 saturated heterocycles. The Hall–Kier alpha value is -0.650. The van der Waals surface area contributed by atoms with Crippen molar-refractivity contribution in [2.24, 2.45) is 17.4 Å². The molecule has 32 heavy (non-hydrogen) atoms. The Morgan fingerprint density at radius 2 is 1.16 bits per heavy atom. The maximum absolute atomic E-state index is 11.1. The van der Waals surface area contributed by atoms with E-state index in [2.05, 4.69) is 16.6 Å². The van der Waals surface area contributed by atoms with Crippen molar-refractivity contribution in [1.82, 2.24) is 4.90 Å². The van der Waals surface area contributed by atoms with E-state index < -0.39 is 0 Å². The third kappa shape index (κ3) is 21.2. The van der Waals surface area contributed by atoms with Gasteiger partial charge in [0.15, 0.2) is 0 Å². The summed E-state index contributed by atoms with van der Waals surface area (Å²) in [6, 6.07) is 0. The van der Waals surface area contributed by atoms with Crippen LogP contribution in [0.15, 0.2) is 0 Å². The van der Waals surface area contributed by atoms with Gasteiger partial charge >= 0.3 is 5.97 Å². The van der Waals surface area contributed by atoms with Gasteiger partial charge in [-0.1, -0.05) is 103 Å². The lowest BCUT2D eigenvalue weighted by molar-refractivity contribution is -0.140. The molecule has 0 aromatic heterocycles. The number of methoxy groups -OCH3 is 1. The van der Waals surface area contributed by atoms with Gasteiger partial charge in [0.05, 0.1) is 7.11 Å². The maximum Gasteiger partial charge on any atom is 0.305 e. The summed E-state index contributed by atoms with van der Waals surface area (Å²) in [6.07, 6.45) is 23.1. The van der Waals surface area contributed by atoms with Crippen LogP contribution in [0, 0.1) is 5.92 Å². The molecular formula is C27H57N3O2. The summed E-state index contributed by atoms with van der Waals surface area (Å²) in [5.41, 5.74) is 11.5. The normalized spacial score (nSPS) is 12.4. The van der Waals surface area contributed by atoms with Crippen LogP contribution in [0.1, 0.15) is 122 Å². The van der Waals surface area contributed by atoms with Crippen molar-refractivity contribution in [2.75, 3.05) is 39.8 Å². The predicted molar refractivity (Wildman–Crippen MR) is 139 cm³/mol. The summed E-state index contributed by atoms with van der Waals surface area (Å²) >= 11 is 0. The second-order valence-corrected chi connectivity index (χ2v) is 9.57. The monoisotopic (exact) mass is 455 g/mol. The summed E-state index contributed by atoms with van der Waals surface area (Å²) in [7, 11) is 1.47. The quantitative estimate of drug-likeness (QED) is 0.130. The maximum atomic E-state index is 11.1. The Labute approximate surface area is 200 Å². The molecule has 0 aliphatic heterocycles. The topological polar surface area (TPSA) is 81.6 Å². The highest BCUT2D eigenvalue weighted by molar-refractivity contribution is 5.68. The van der Waals surface area contributed by atoms with E-state index >= 15 is 0 Å². The van der Waals surface area contributed by atoms with Crippen LogP contribution in [-0.2, 0) is 9.53 Å². The van der Waals surface area contributed by atoms with Crippen LogP contribution in [-0.4, -0.2) is 50.7 Å². The molecule has 0 rings (SSSR count). The van der Waals surface area contributed by atoms with Crippen LogP contribution in [0.3, 0.4) is 0 Å². The molecule has 1 atom stereocenters. The Kier molecular flexibility index (Phi) is 24.5. The summed E-state index contributed by atoms with van der Waals surface area (Å²) in [5, 5.41) is 0. The van der Waals surface area contributed by atoms with Gasteiger partial charge in [0.2, 0.25) is 0 Å². The zero-order chi connectivity index (χ0) is 23.7. The number of carbonyl (C=O) groups excluding carboxylic acids is 1. The van der Waals surface area contributed by atoms with Crippen LogP contribution < -0.4 is 11.5 Å². The highest BCUT2D eigenvalue weighted by Crippen LogP contribution is 2.22. The van der Waals surface area contributed by atoms with Crippen molar-refractivity contribution in [3.05, 3.63) is 0 Å². The second-order valence-electron chi connectivity index (χ2n) is 9.57. The molecule has 0 aliphatic carbocycles. The second kappa shape index (κ2) is 25.0. The lowest BCUT2D eigenvalue weighted by atomic mass is 9.91. The SMILES string of the molecule is CCCCCCC(CCCCCCCCCCCCC(=O)OC)CCN(CCN)CCN. The summed E-state index contributed by atoms with van der Waals surface area (Å²) in [5.74, 6) is 0.798. The average molecular weight is 456 g/mol. The first-order chi connectivity index (χ1) is 15.7. The highest BCUT2D eigenvalue weighted by Gasteiger charge is 2.11. The van der Waals surface area contributed by atoms with Crippen molar-refractivity contribution in [3.63, 3.8) is 0 Å². The van der Waals surface area contributed by atoms with Crippen LogP contribution in [0.25, 0.3) is 0 Å². The van der Waals surface area contributed by atoms with Crippen molar-refractivity contribution in [1.29, 1.82) is 0 Å². The van der Waals surface area contributed by atoms with Crippen molar-refractivity contribution >= 4 is 5.97 Å². The Balaban J connectivity index is 3.84. The standard InChI is InChI=1S/C27H57N3O2/c1-3-4-5-14-17-26(20-23-30(24-21-28)25-22-29)18-15-12-10-8-6-7-9-11-13-16-19-27(31)32-2/h26H,3-25,28-29H2,1-2H3. The van der Waals surface area contributed by atoms with Gasteiger partial charge in [0.1, 0.15) is 0 Å². The van der Waals surface area contributed by atoms with E-state index in [0.29, 0.717) is 6.42 Å². The third-order valence-corrected chi connectivity index (χ3v) is 6.68. The molecule has 0 radical (unpaired) electrons. The molecule has 1 unspecified atom stereocenters. The molecular weight excluding hydrogens is 398 g/mol. The lowest BCUT2D eigenvalue weighted by Gasteiger charge is -2.24. The van der Waals surface area contributed by atoms with E-state index in [-0.39, 0.29) is 5.97 Å². The fourth-order valence-corrected chi connectivity index (χ4v) is 4.58. The number of unbranched alkanes of at least 4 members (excludes halogenated alkanes) is 12. The van der Waals surface area contributed by atoms with E-state index in [1.807, 2.05) is 0 Å². The zero-order valence-corrected chi connectivity index (χ0v) is 21.8. The Bertz CT molecular complexity index is 387. The van der Waals surface area contributed by atoms with Crippen molar-refractivity contribution < 1.29 is 9.53 Å². The summed E-state index contributed by atoms with van der Waals surface area (Å²) in [4.78, 5) is 13.5. The smallest absolute Gasteiger partial charge is 0.305 e. The number of carbonyl (C=O) groups is 1. The summed E-state index contributed by atoms with van der Waals surface area (Å²) < 4.78 is 4.68. The molecule has 0 aromatic carbocycles. The molecule has 192 valence electrons. The van der Waals surface area contributed by atoms with Gasteiger partial charge in [-0.15, -0.1) is 0 Å². The van der Waals surface area contributed by atoms with Crippen LogP contribution in [0.2, 0.25) is 0 Å². The van der Waals surface area contributed by atoms with E-state index in [9.17, 15) is 4.79 Å². The number of nitrogens with two attached hydrogens (primary N) is 2. The van der Waals surface area contributed by atoms with Gasteiger partial charge < -0.3 is 21.1 Å². The molecule has 4 N–H and O–H groups in total. The molecule has 0 fully saturated rings. The first kappa shape index (κ1) is 31.4. The lowest BCUT2D eigenvalue weighted by Crippen LogP contribution is -2.35. The number of esters is 1. The molecule has 0 bridgehead atoms. The van der Waals surface area contributed by atoms with E-state index in [1.54, 1.807) is 0 Å². The van der Waals surface area contributed by atoms with Gasteiger partial charge in [0, 0.05) is 32.6 Å². The minimum atomic E-state index is -0.0726. The predicted octanol–water partition coefficient (Wildman–Crippen LogP) is 6.04. The number of hydrogen-bond acceptors (Lipinski definition) is 5. The number of ether oxygens (including phenoxy) is 1. The minimum absolute atomic E-state index is 0.0726.